The lowest BCUT2D eigenvalue weighted by atomic mass is 10.0. The average Bonchev–Trinajstić information content (AvgIpc) is 2.87. The Balaban J connectivity index is 1.59. The topological polar surface area (TPSA) is 52.6 Å². The van der Waals surface area contributed by atoms with Crippen LogP contribution in [0.4, 0.5) is 0 Å². The molecule has 2 rings (SSSR count). The molecule has 0 aliphatic rings. The van der Waals surface area contributed by atoms with Crippen molar-refractivity contribution in [2.24, 2.45) is 0 Å². The summed E-state index contributed by atoms with van der Waals surface area (Å²) in [5.41, 5.74) is 2.53. The second-order valence-corrected chi connectivity index (χ2v) is 9.49. The van der Waals surface area contributed by atoms with Crippen molar-refractivity contribution in [3.63, 3.8) is 0 Å². The van der Waals surface area contributed by atoms with Gasteiger partial charge in [-0.2, -0.15) is 0 Å². The van der Waals surface area contributed by atoms with Crippen molar-refractivity contribution in [1.82, 2.24) is 0 Å². The van der Waals surface area contributed by atoms with E-state index in [0.29, 0.717) is 6.61 Å². The Labute approximate surface area is 212 Å². The third-order valence-corrected chi connectivity index (χ3v) is 6.30. The summed E-state index contributed by atoms with van der Waals surface area (Å²) >= 11 is 0. The number of hydrogen-bond donors (Lipinski definition) is 0. The van der Waals surface area contributed by atoms with E-state index in [4.69, 9.17) is 9.47 Å². The molecule has 0 unspecified atom stereocenters. The van der Waals surface area contributed by atoms with Crippen LogP contribution in [0, 0.1) is 6.92 Å². The monoisotopic (exact) mass is 480 g/mol. The van der Waals surface area contributed by atoms with Gasteiger partial charge < -0.3 is 9.47 Å². The SMILES string of the molecule is CCCCCCCCCCCCCCCOC(=O)c1ccccc1C(=O)OCc1cccc(C)c1. The van der Waals surface area contributed by atoms with Gasteiger partial charge >= 0.3 is 11.9 Å². The largest absolute Gasteiger partial charge is 0.462 e. The molecule has 0 spiro atoms. The fraction of sp³-hybridized carbons (Fsp3) is 0.548. The Hall–Kier alpha value is -2.62. The minimum Gasteiger partial charge on any atom is -0.462 e. The van der Waals surface area contributed by atoms with Gasteiger partial charge in [0.1, 0.15) is 6.61 Å². The number of aryl methyl sites for hydroxylation is 1. The van der Waals surface area contributed by atoms with Gasteiger partial charge in [0, 0.05) is 0 Å². The highest BCUT2D eigenvalue weighted by Crippen LogP contribution is 2.15. The zero-order valence-corrected chi connectivity index (χ0v) is 21.9. The standard InChI is InChI=1S/C31H44O4/c1-3-4-5-6-7-8-9-10-11-12-13-14-17-23-34-30(32)28-21-15-16-22-29(28)31(33)35-25-27-20-18-19-26(2)24-27/h15-16,18-22,24H,3-14,17,23,25H2,1-2H3. The van der Waals surface area contributed by atoms with Crippen molar-refractivity contribution < 1.29 is 19.1 Å². The average molecular weight is 481 g/mol. The van der Waals surface area contributed by atoms with E-state index < -0.39 is 11.9 Å². The maximum absolute atomic E-state index is 12.6. The molecule has 0 bridgehead atoms. The first kappa shape index (κ1) is 28.6. The summed E-state index contributed by atoms with van der Waals surface area (Å²) in [4.78, 5) is 25.2. The van der Waals surface area contributed by atoms with Gasteiger partial charge in [-0.25, -0.2) is 9.59 Å². The van der Waals surface area contributed by atoms with E-state index >= 15 is 0 Å². The van der Waals surface area contributed by atoms with Crippen LogP contribution in [0.25, 0.3) is 0 Å². The smallest absolute Gasteiger partial charge is 0.339 e. The van der Waals surface area contributed by atoms with Crippen molar-refractivity contribution in [1.29, 1.82) is 0 Å². The minimum atomic E-state index is -0.514. The van der Waals surface area contributed by atoms with Crippen molar-refractivity contribution in [2.75, 3.05) is 6.61 Å². The molecule has 192 valence electrons. The highest BCUT2D eigenvalue weighted by Gasteiger charge is 2.19. The first-order valence-corrected chi connectivity index (χ1v) is 13.6. The number of rotatable bonds is 18. The fourth-order valence-electron chi connectivity index (χ4n) is 4.23. The molecular weight excluding hydrogens is 436 g/mol. The normalized spacial score (nSPS) is 10.8. The number of carbonyl (C=O) groups is 2. The van der Waals surface area contributed by atoms with Crippen molar-refractivity contribution >= 4 is 11.9 Å². The molecule has 2 aromatic carbocycles. The van der Waals surface area contributed by atoms with Crippen molar-refractivity contribution in [3.05, 3.63) is 70.8 Å². The van der Waals surface area contributed by atoms with Crippen molar-refractivity contribution in [2.45, 2.75) is 104 Å². The van der Waals surface area contributed by atoms with Gasteiger partial charge in [-0.1, -0.05) is 126 Å². The highest BCUT2D eigenvalue weighted by molar-refractivity contribution is 6.03. The molecule has 4 nitrogen and oxygen atoms in total. The molecule has 0 saturated carbocycles. The molecule has 4 heteroatoms. The van der Waals surface area contributed by atoms with Gasteiger partial charge in [-0.05, 0) is 31.0 Å². The van der Waals surface area contributed by atoms with Crippen molar-refractivity contribution in [3.8, 4) is 0 Å². The van der Waals surface area contributed by atoms with E-state index in [1.807, 2.05) is 31.2 Å². The summed E-state index contributed by atoms with van der Waals surface area (Å²) in [5, 5.41) is 0. The summed E-state index contributed by atoms with van der Waals surface area (Å²) in [7, 11) is 0. The lowest BCUT2D eigenvalue weighted by Gasteiger charge is -2.10. The number of benzene rings is 2. The Kier molecular flexibility index (Phi) is 14.5. The van der Waals surface area contributed by atoms with Crippen LogP contribution in [0.2, 0.25) is 0 Å². The minimum absolute atomic E-state index is 0.169. The van der Waals surface area contributed by atoms with E-state index in [-0.39, 0.29) is 17.7 Å². The van der Waals surface area contributed by atoms with Crippen LogP contribution in [-0.2, 0) is 16.1 Å². The van der Waals surface area contributed by atoms with Gasteiger partial charge in [0.05, 0.1) is 17.7 Å². The number of ether oxygens (including phenoxy) is 2. The van der Waals surface area contributed by atoms with Gasteiger partial charge in [0.25, 0.3) is 0 Å². The molecule has 2 aromatic rings. The van der Waals surface area contributed by atoms with Crippen LogP contribution >= 0.6 is 0 Å². The zero-order valence-electron chi connectivity index (χ0n) is 21.9. The summed E-state index contributed by atoms with van der Waals surface area (Å²) in [6, 6.07) is 14.5. The molecule has 0 saturated heterocycles. The van der Waals surface area contributed by atoms with E-state index in [9.17, 15) is 9.59 Å². The number of unbranched alkanes of at least 4 members (excludes halogenated alkanes) is 12. The van der Waals surface area contributed by atoms with E-state index in [2.05, 4.69) is 6.92 Å². The third-order valence-electron chi connectivity index (χ3n) is 6.30. The van der Waals surface area contributed by atoms with E-state index in [1.54, 1.807) is 24.3 Å². The van der Waals surface area contributed by atoms with E-state index in [0.717, 1.165) is 24.0 Å². The molecule has 35 heavy (non-hydrogen) atoms. The second-order valence-electron chi connectivity index (χ2n) is 9.49. The van der Waals surface area contributed by atoms with E-state index in [1.165, 1.54) is 70.6 Å². The first-order chi connectivity index (χ1) is 17.1. The second kappa shape index (κ2) is 17.8. The van der Waals surface area contributed by atoms with Crippen LogP contribution in [0.15, 0.2) is 48.5 Å². The predicted molar refractivity (Wildman–Crippen MR) is 143 cm³/mol. The summed E-state index contributed by atoms with van der Waals surface area (Å²) in [6.07, 6.45) is 16.6. The van der Waals surface area contributed by atoms with Gasteiger partial charge in [-0.15, -0.1) is 0 Å². The Morgan fingerprint density at radius 1 is 0.629 bits per heavy atom. The number of esters is 2. The molecule has 0 N–H and O–H groups in total. The van der Waals surface area contributed by atoms with Crippen LogP contribution < -0.4 is 0 Å². The van der Waals surface area contributed by atoms with Crippen LogP contribution in [-0.4, -0.2) is 18.5 Å². The van der Waals surface area contributed by atoms with Crippen LogP contribution in [0.3, 0.4) is 0 Å². The highest BCUT2D eigenvalue weighted by atomic mass is 16.5. The van der Waals surface area contributed by atoms with Gasteiger partial charge in [-0.3, -0.25) is 0 Å². The third kappa shape index (κ3) is 12.1. The lowest BCUT2D eigenvalue weighted by Crippen LogP contribution is -2.14. The van der Waals surface area contributed by atoms with Crippen LogP contribution in [0.5, 0.6) is 0 Å². The molecule has 0 aliphatic carbocycles. The molecule has 0 amide bonds. The number of hydrogen-bond acceptors (Lipinski definition) is 4. The summed E-state index contributed by atoms with van der Waals surface area (Å²) < 4.78 is 10.9. The Morgan fingerprint density at radius 2 is 1.14 bits per heavy atom. The fourth-order valence-corrected chi connectivity index (χ4v) is 4.23. The zero-order chi connectivity index (χ0) is 25.1. The quantitative estimate of drug-likeness (QED) is 0.158. The predicted octanol–water partition coefficient (Wildman–Crippen LogP) is 8.60. The maximum atomic E-state index is 12.6. The molecular formula is C31H44O4. The summed E-state index contributed by atoms with van der Waals surface area (Å²) in [5.74, 6) is -0.980. The molecule has 0 fully saturated rings. The Bertz CT molecular complexity index is 874. The first-order valence-electron chi connectivity index (χ1n) is 13.6. The summed E-state index contributed by atoms with van der Waals surface area (Å²) in [6.45, 7) is 4.80. The molecule has 0 heterocycles. The van der Waals surface area contributed by atoms with Gasteiger partial charge in [0.15, 0.2) is 0 Å². The molecule has 0 radical (unpaired) electrons. The molecule has 0 aliphatic heterocycles. The molecule has 0 atom stereocenters. The maximum Gasteiger partial charge on any atom is 0.339 e. The lowest BCUT2D eigenvalue weighted by molar-refractivity contribution is 0.0436. The van der Waals surface area contributed by atoms with Crippen LogP contribution in [0.1, 0.15) is 122 Å². The molecule has 0 aromatic heterocycles. The Morgan fingerprint density at radius 3 is 1.69 bits per heavy atom. The number of carbonyl (C=O) groups excluding carboxylic acids is 2. The van der Waals surface area contributed by atoms with Gasteiger partial charge in [0.2, 0.25) is 0 Å².